The molecule has 0 atom stereocenters. The van der Waals surface area contributed by atoms with Crippen LogP contribution in [0, 0.1) is 5.82 Å². The van der Waals surface area contributed by atoms with Gasteiger partial charge in [0, 0.05) is 10.9 Å². The Hall–Kier alpha value is -0.970. The van der Waals surface area contributed by atoms with E-state index in [1.54, 1.807) is 17.4 Å². The standard InChI is InChI=1S/C13H14ClFN2S/c14-11-7-9(15)4-5-10(11)12-8-18-13(17-12)3-1-2-6-16/h4-5,7-8H,1-3,6,16H2. The molecule has 0 unspecified atom stereocenters. The van der Waals surface area contributed by atoms with Gasteiger partial charge in [-0.15, -0.1) is 11.3 Å². The Balaban J connectivity index is 2.13. The molecule has 0 radical (unpaired) electrons. The van der Waals surface area contributed by atoms with Crippen LogP contribution in [0.15, 0.2) is 23.6 Å². The molecule has 1 aromatic carbocycles. The van der Waals surface area contributed by atoms with Crippen LogP contribution in [0.25, 0.3) is 11.3 Å². The topological polar surface area (TPSA) is 38.9 Å². The Morgan fingerprint density at radius 2 is 2.17 bits per heavy atom. The lowest BCUT2D eigenvalue weighted by atomic mass is 10.2. The van der Waals surface area contributed by atoms with E-state index >= 15 is 0 Å². The summed E-state index contributed by atoms with van der Waals surface area (Å²) in [5.41, 5.74) is 7.04. The minimum Gasteiger partial charge on any atom is -0.330 e. The van der Waals surface area contributed by atoms with Crippen LogP contribution in [0.5, 0.6) is 0 Å². The van der Waals surface area contributed by atoms with E-state index in [-0.39, 0.29) is 5.82 Å². The highest BCUT2D eigenvalue weighted by atomic mass is 35.5. The van der Waals surface area contributed by atoms with Gasteiger partial charge in [0.15, 0.2) is 0 Å². The fraction of sp³-hybridized carbons (Fsp3) is 0.308. The maximum atomic E-state index is 13.0. The highest BCUT2D eigenvalue weighted by Crippen LogP contribution is 2.29. The van der Waals surface area contributed by atoms with E-state index in [9.17, 15) is 4.39 Å². The van der Waals surface area contributed by atoms with Crippen molar-refractivity contribution in [3.8, 4) is 11.3 Å². The van der Waals surface area contributed by atoms with Crippen molar-refractivity contribution in [3.05, 3.63) is 39.4 Å². The number of rotatable bonds is 5. The third-order valence-corrected chi connectivity index (χ3v) is 3.82. The van der Waals surface area contributed by atoms with Crippen LogP contribution in [0.3, 0.4) is 0 Å². The van der Waals surface area contributed by atoms with Gasteiger partial charge >= 0.3 is 0 Å². The van der Waals surface area contributed by atoms with Gasteiger partial charge in [0.2, 0.25) is 0 Å². The van der Waals surface area contributed by atoms with E-state index < -0.39 is 0 Å². The van der Waals surface area contributed by atoms with Crippen LogP contribution in [-0.4, -0.2) is 11.5 Å². The molecule has 0 saturated carbocycles. The minimum absolute atomic E-state index is 0.331. The van der Waals surface area contributed by atoms with Gasteiger partial charge in [0.1, 0.15) is 5.82 Å². The number of benzene rings is 1. The second-order valence-electron chi connectivity index (χ2n) is 4.00. The highest BCUT2D eigenvalue weighted by Gasteiger charge is 2.09. The predicted octanol–water partition coefficient (Wildman–Crippen LogP) is 3.88. The zero-order valence-electron chi connectivity index (χ0n) is 9.83. The van der Waals surface area contributed by atoms with E-state index in [1.165, 1.54) is 12.1 Å². The van der Waals surface area contributed by atoms with Crippen molar-refractivity contribution in [3.63, 3.8) is 0 Å². The number of thiazole rings is 1. The van der Waals surface area contributed by atoms with Gasteiger partial charge in [0.05, 0.1) is 15.7 Å². The molecular weight excluding hydrogens is 271 g/mol. The summed E-state index contributed by atoms with van der Waals surface area (Å²) in [4.78, 5) is 4.51. The number of halogens is 2. The average molecular weight is 285 g/mol. The summed E-state index contributed by atoms with van der Waals surface area (Å²) in [6.45, 7) is 0.710. The summed E-state index contributed by atoms with van der Waals surface area (Å²) in [7, 11) is 0. The molecule has 2 aromatic rings. The Kier molecular flexibility index (Phi) is 4.69. The van der Waals surface area contributed by atoms with Crippen molar-refractivity contribution in [1.29, 1.82) is 0 Å². The number of aryl methyl sites for hydroxylation is 1. The van der Waals surface area contributed by atoms with Crippen molar-refractivity contribution in [2.75, 3.05) is 6.54 Å². The lowest BCUT2D eigenvalue weighted by Crippen LogP contribution is -1.98. The number of hydrogen-bond donors (Lipinski definition) is 1. The van der Waals surface area contributed by atoms with Crippen molar-refractivity contribution in [1.82, 2.24) is 4.98 Å². The smallest absolute Gasteiger partial charge is 0.124 e. The van der Waals surface area contributed by atoms with Gasteiger partial charge in [-0.1, -0.05) is 11.6 Å². The third-order valence-electron chi connectivity index (χ3n) is 2.60. The number of aromatic nitrogens is 1. The molecular formula is C13H14ClFN2S. The Morgan fingerprint density at radius 1 is 1.33 bits per heavy atom. The van der Waals surface area contributed by atoms with Crippen molar-refractivity contribution >= 4 is 22.9 Å². The Bertz CT molecular complexity index is 527. The monoisotopic (exact) mass is 284 g/mol. The average Bonchev–Trinajstić information content (AvgIpc) is 2.78. The number of nitrogens with two attached hydrogens (primary N) is 1. The van der Waals surface area contributed by atoms with Crippen LogP contribution < -0.4 is 5.73 Å². The summed E-state index contributed by atoms with van der Waals surface area (Å²) in [6.07, 6.45) is 2.98. The first-order valence-electron chi connectivity index (χ1n) is 5.80. The maximum Gasteiger partial charge on any atom is 0.124 e. The highest BCUT2D eigenvalue weighted by molar-refractivity contribution is 7.09. The lowest BCUT2D eigenvalue weighted by Gasteiger charge is -2.00. The van der Waals surface area contributed by atoms with E-state index in [4.69, 9.17) is 17.3 Å². The molecule has 96 valence electrons. The maximum absolute atomic E-state index is 13.0. The lowest BCUT2D eigenvalue weighted by molar-refractivity contribution is 0.628. The van der Waals surface area contributed by atoms with E-state index in [2.05, 4.69) is 4.98 Å². The summed E-state index contributed by atoms with van der Waals surface area (Å²) < 4.78 is 13.0. The van der Waals surface area contributed by atoms with Crippen molar-refractivity contribution < 1.29 is 4.39 Å². The number of nitrogens with zero attached hydrogens (tertiary/aromatic N) is 1. The number of unbranched alkanes of at least 4 members (excludes halogenated alkanes) is 1. The van der Waals surface area contributed by atoms with Crippen LogP contribution in [0.1, 0.15) is 17.8 Å². The van der Waals surface area contributed by atoms with Gasteiger partial charge in [-0.2, -0.15) is 0 Å². The van der Waals surface area contributed by atoms with Crippen molar-refractivity contribution in [2.24, 2.45) is 5.73 Å². The summed E-state index contributed by atoms with van der Waals surface area (Å²) in [6, 6.07) is 4.37. The second kappa shape index (κ2) is 6.27. The minimum atomic E-state index is -0.331. The van der Waals surface area contributed by atoms with E-state index in [1.807, 2.05) is 5.38 Å². The molecule has 0 bridgehead atoms. The quantitative estimate of drug-likeness (QED) is 0.846. The fourth-order valence-electron chi connectivity index (χ4n) is 1.67. The molecule has 2 nitrogen and oxygen atoms in total. The molecule has 0 fully saturated rings. The first kappa shape index (κ1) is 13.5. The van der Waals surface area contributed by atoms with Crippen LogP contribution >= 0.6 is 22.9 Å². The molecule has 0 aliphatic heterocycles. The molecule has 1 heterocycles. The van der Waals surface area contributed by atoms with Gasteiger partial charge in [-0.05, 0) is 44.0 Å². The predicted molar refractivity (Wildman–Crippen MR) is 74.5 cm³/mol. The van der Waals surface area contributed by atoms with Crippen molar-refractivity contribution in [2.45, 2.75) is 19.3 Å². The van der Waals surface area contributed by atoms with Crippen LogP contribution in [0.4, 0.5) is 4.39 Å². The van der Waals surface area contributed by atoms with Gasteiger partial charge in [-0.25, -0.2) is 9.37 Å². The van der Waals surface area contributed by atoms with Crippen LogP contribution in [0.2, 0.25) is 5.02 Å². The first-order valence-corrected chi connectivity index (χ1v) is 7.06. The largest absolute Gasteiger partial charge is 0.330 e. The Morgan fingerprint density at radius 3 is 2.89 bits per heavy atom. The summed E-state index contributed by atoms with van der Waals surface area (Å²) in [5, 5.41) is 3.42. The Labute approximate surface area is 115 Å². The normalized spacial score (nSPS) is 10.8. The summed E-state index contributed by atoms with van der Waals surface area (Å²) >= 11 is 7.61. The molecule has 0 aliphatic rings. The molecule has 2 N–H and O–H groups in total. The van der Waals surface area contributed by atoms with E-state index in [0.29, 0.717) is 11.6 Å². The first-order chi connectivity index (χ1) is 8.70. The molecule has 2 rings (SSSR count). The fourth-order valence-corrected chi connectivity index (χ4v) is 2.77. The molecule has 0 amide bonds. The zero-order valence-corrected chi connectivity index (χ0v) is 11.4. The van der Waals surface area contributed by atoms with Gasteiger partial charge < -0.3 is 5.73 Å². The molecule has 0 aliphatic carbocycles. The molecule has 5 heteroatoms. The SMILES string of the molecule is NCCCCc1nc(-c2ccc(F)cc2Cl)cs1. The molecule has 0 saturated heterocycles. The molecule has 18 heavy (non-hydrogen) atoms. The van der Waals surface area contributed by atoms with Crippen LogP contribution in [-0.2, 0) is 6.42 Å². The summed E-state index contributed by atoms with van der Waals surface area (Å²) in [5.74, 6) is -0.331. The molecule has 0 spiro atoms. The van der Waals surface area contributed by atoms with Gasteiger partial charge in [-0.3, -0.25) is 0 Å². The third kappa shape index (κ3) is 3.28. The van der Waals surface area contributed by atoms with Gasteiger partial charge in [0.25, 0.3) is 0 Å². The number of hydrogen-bond acceptors (Lipinski definition) is 3. The molecule has 1 aromatic heterocycles. The van der Waals surface area contributed by atoms with E-state index in [0.717, 1.165) is 35.5 Å². The second-order valence-corrected chi connectivity index (χ2v) is 5.35. The zero-order chi connectivity index (χ0) is 13.0.